The summed E-state index contributed by atoms with van der Waals surface area (Å²) in [7, 11) is 3.82. The van der Waals surface area contributed by atoms with Crippen LogP contribution in [0.25, 0.3) is 0 Å². The Bertz CT molecular complexity index is 935. The highest BCUT2D eigenvalue weighted by atomic mass is 35.5. The van der Waals surface area contributed by atoms with Gasteiger partial charge in [0.25, 0.3) is 5.91 Å². The molecule has 0 fully saturated rings. The van der Waals surface area contributed by atoms with E-state index in [1.165, 1.54) is 11.8 Å². The fraction of sp³-hybridized carbons (Fsp3) is 0.200. The quantitative estimate of drug-likeness (QED) is 0.361. The highest BCUT2D eigenvalue weighted by molar-refractivity contribution is 7.98. The third kappa shape index (κ3) is 5.68. The lowest BCUT2D eigenvalue weighted by atomic mass is 10.1. The maximum atomic E-state index is 12.3. The van der Waals surface area contributed by atoms with Crippen LogP contribution in [0.3, 0.4) is 0 Å². The summed E-state index contributed by atoms with van der Waals surface area (Å²) in [5.74, 6) is 1.35. The number of thioether (sulfide) groups is 1. The minimum absolute atomic E-state index is 0.107. The molecule has 0 radical (unpaired) electrons. The molecular formula is C20H20ClN5OS. The van der Waals surface area contributed by atoms with Crippen LogP contribution in [-0.2, 0) is 12.3 Å². The Kier molecular flexibility index (Phi) is 6.84. The summed E-state index contributed by atoms with van der Waals surface area (Å²) in [5.41, 5.74) is 2.71. The van der Waals surface area contributed by atoms with Crippen molar-refractivity contribution in [3.05, 3.63) is 76.7 Å². The first-order valence-electron chi connectivity index (χ1n) is 8.62. The molecule has 144 valence electrons. The highest BCUT2D eigenvalue weighted by Gasteiger charge is 2.08. The third-order valence-electron chi connectivity index (χ3n) is 3.91. The molecule has 0 aliphatic rings. The smallest absolute Gasteiger partial charge is 0.251 e. The number of aromatic nitrogens is 3. The Labute approximate surface area is 173 Å². The fourth-order valence-electron chi connectivity index (χ4n) is 2.36. The number of amides is 1. The maximum Gasteiger partial charge on any atom is 0.251 e. The Morgan fingerprint density at radius 2 is 1.79 bits per heavy atom. The summed E-state index contributed by atoms with van der Waals surface area (Å²) >= 11 is 7.57. The van der Waals surface area contributed by atoms with Gasteiger partial charge < -0.3 is 10.2 Å². The minimum Gasteiger partial charge on any atom is -0.363 e. The number of pyridine rings is 1. The first-order chi connectivity index (χ1) is 13.5. The zero-order valence-electron chi connectivity index (χ0n) is 15.6. The van der Waals surface area contributed by atoms with Crippen molar-refractivity contribution < 1.29 is 4.79 Å². The number of nitrogens with zero attached hydrogens (tertiary/aromatic N) is 4. The number of nitrogens with one attached hydrogen (secondary N) is 1. The summed E-state index contributed by atoms with van der Waals surface area (Å²) in [4.78, 5) is 26.9. The molecule has 0 saturated heterocycles. The van der Waals surface area contributed by atoms with Gasteiger partial charge >= 0.3 is 0 Å². The summed E-state index contributed by atoms with van der Waals surface area (Å²) in [6.07, 6.45) is 3.41. The van der Waals surface area contributed by atoms with Crippen LogP contribution in [0.2, 0.25) is 5.15 Å². The van der Waals surface area contributed by atoms with Crippen molar-refractivity contribution in [2.75, 3.05) is 19.0 Å². The largest absolute Gasteiger partial charge is 0.363 e. The molecule has 0 atom stereocenters. The predicted octanol–water partition coefficient (Wildman–Crippen LogP) is 3.81. The number of carbonyl (C=O) groups excluding carboxylic acids is 1. The normalized spacial score (nSPS) is 10.5. The molecule has 8 heteroatoms. The van der Waals surface area contributed by atoms with E-state index in [0.29, 0.717) is 28.2 Å². The van der Waals surface area contributed by atoms with Crippen LogP contribution in [0.5, 0.6) is 0 Å². The molecule has 28 heavy (non-hydrogen) atoms. The van der Waals surface area contributed by atoms with Crippen molar-refractivity contribution in [3.8, 4) is 0 Å². The van der Waals surface area contributed by atoms with Gasteiger partial charge in [-0.05, 0) is 35.4 Å². The van der Waals surface area contributed by atoms with Crippen molar-refractivity contribution in [1.82, 2.24) is 20.3 Å². The average Bonchev–Trinajstić information content (AvgIpc) is 2.71. The van der Waals surface area contributed by atoms with Crippen LogP contribution < -0.4 is 10.2 Å². The Morgan fingerprint density at radius 1 is 1.07 bits per heavy atom. The summed E-state index contributed by atoms with van der Waals surface area (Å²) in [6.45, 7) is 0.471. The second-order valence-electron chi connectivity index (χ2n) is 6.25. The average molecular weight is 414 g/mol. The second kappa shape index (κ2) is 9.52. The van der Waals surface area contributed by atoms with Gasteiger partial charge in [0.1, 0.15) is 11.0 Å². The first kappa shape index (κ1) is 20.1. The number of rotatable bonds is 7. The molecule has 0 unspecified atom stereocenters. The number of anilines is 1. The van der Waals surface area contributed by atoms with Crippen LogP contribution in [0, 0.1) is 0 Å². The first-order valence-corrected chi connectivity index (χ1v) is 9.98. The fourth-order valence-corrected chi connectivity index (χ4v) is 3.40. The van der Waals surface area contributed by atoms with E-state index in [1.807, 2.05) is 55.4 Å². The minimum atomic E-state index is -0.107. The van der Waals surface area contributed by atoms with E-state index in [2.05, 4.69) is 20.3 Å². The van der Waals surface area contributed by atoms with Gasteiger partial charge in [-0.15, -0.1) is 0 Å². The number of hydrogen-bond acceptors (Lipinski definition) is 6. The lowest BCUT2D eigenvalue weighted by molar-refractivity contribution is 0.0951. The van der Waals surface area contributed by atoms with Crippen LogP contribution in [0.4, 0.5) is 5.82 Å². The molecule has 2 aromatic heterocycles. The molecule has 0 bridgehead atoms. The van der Waals surface area contributed by atoms with E-state index < -0.39 is 0 Å². The number of benzene rings is 1. The van der Waals surface area contributed by atoms with Crippen molar-refractivity contribution in [1.29, 1.82) is 0 Å². The molecule has 0 aliphatic heterocycles. The van der Waals surface area contributed by atoms with Crippen molar-refractivity contribution in [2.24, 2.45) is 0 Å². The van der Waals surface area contributed by atoms with Crippen LogP contribution in [0.1, 0.15) is 21.5 Å². The van der Waals surface area contributed by atoms with E-state index in [4.69, 9.17) is 11.6 Å². The van der Waals surface area contributed by atoms with Gasteiger partial charge in [0.05, 0.1) is 0 Å². The van der Waals surface area contributed by atoms with Gasteiger partial charge in [-0.25, -0.2) is 9.97 Å². The SMILES string of the molecule is CN(C)c1cc(Cl)nc(SCc2ccc(C(=O)NCc3ccncc3)cc2)n1. The number of carbonyl (C=O) groups is 1. The third-order valence-corrected chi connectivity index (χ3v) is 5.02. The molecule has 1 amide bonds. The van der Waals surface area contributed by atoms with Crippen LogP contribution >= 0.6 is 23.4 Å². The van der Waals surface area contributed by atoms with E-state index in [9.17, 15) is 4.79 Å². The molecule has 3 aromatic rings. The lowest BCUT2D eigenvalue weighted by Gasteiger charge is -2.12. The molecule has 3 rings (SSSR count). The van der Waals surface area contributed by atoms with Crippen molar-refractivity contribution in [3.63, 3.8) is 0 Å². The number of hydrogen-bond donors (Lipinski definition) is 1. The van der Waals surface area contributed by atoms with Gasteiger partial charge in [0.15, 0.2) is 5.16 Å². The summed E-state index contributed by atoms with van der Waals surface area (Å²) < 4.78 is 0. The molecule has 6 nitrogen and oxygen atoms in total. The van der Waals surface area contributed by atoms with E-state index in [0.717, 1.165) is 16.9 Å². The molecule has 0 spiro atoms. The van der Waals surface area contributed by atoms with Crippen LogP contribution in [-0.4, -0.2) is 35.0 Å². The molecule has 0 aliphatic carbocycles. The molecule has 1 aromatic carbocycles. The van der Waals surface area contributed by atoms with Crippen LogP contribution in [0.15, 0.2) is 60.0 Å². The molecule has 2 heterocycles. The van der Waals surface area contributed by atoms with Gasteiger partial charge in [-0.2, -0.15) is 0 Å². The van der Waals surface area contributed by atoms with Gasteiger partial charge in [-0.1, -0.05) is 35.5 Å². The predicted molar refractivity (Wildman–Crippen MR) is 113 cm³/mol. The maximum absolute atomic E-state index is 12.3. The number of halogens is 1. The van der Waals surface area contributed by atoms with Gasteiger partial charge in [0.2, 0.25) is 0 Å². The van der Waals surface area contributed by atoms with E-state index in [1.54, 1.807) is 18.5 Å². The standard InChI is InChI=1S/C20H20ClN5OS/c1-26(2)18-11-17(21)24-20(25-18)28-13-15-3-5-16(6-4-15)19(27)23-12-14-7-9-22-10-8-14/h3-11H,12-13H2,1-2H3,(H,23,27). The highest BCUT2D eigenvalue weighted by Crippen LogP contribution is 2.24. The van der Waals surface area contributed by atoms with Gasteiger partial charge in [0, 0.05) is 50.4 Å². The second-order valence-corrected chi connectivity index (χ2v) is 7.58. The summed E-state index contributed by atoms with van der Waals surface area (Å²) in [6, 6.07) is 13.0. The molecule has 1 N–H and O–H groups in total. The van der Waals surface area contributed by atoms with E-state index >= 15 is 0 Å². The Morgan fingerprint density at radius 3 is 2.46 bits per heavy atom. The monoisotopic (exact) mass is 413 g/mol. The lowest BCUT2D eigenvalue weighted by Crippen LogP contribution is -2.22. The van der Waals surface area contributed by atoms with Gasteiger partial charge in [-0.3, -0.25) is 9.78 Å². The topological polar surface area (TPSA) is 71.0 Å². The molecule has 0 saturated carbocycles. The molecular weight excluding hydrogens is 394 g/mol. The van der Waals surface area contributed by atoms with Crippen molar-refractivity contribution in [2.45, 2.75) is 17.5 Å². The zero-order chi connectivity index (χ0) is 19.9. The van der Waals surface area contributed by atoms with Crippen molar-refractivity contribution >= 4 is 35.1 Å². The Balaban J connectivity index is 1.56. The summed E-state index contributed by atoms with van der Waals surface area (Å²) in [5, 5.41) is 3.94. The Hall–Kier alpha value is -2.64. The zero-order valence-corrected chi connectivity index (χ0v) is 17.2. The van der Waals surface area contributed by atoms with E-state index in [-0.39, 0.29) is 5.91 Å².